The molecule has 2 aromatic carbocycles. The molecule has 0 aliphatic carbocycles. The zero-order valence-electron chi connectivity index (χ0n) is 10.9. The molecule has 2 rings (SSSR count). The van der Waals surface area contributed by atoms with Crippen LogP contribution in [0.1, 0.15) is 11.1 Å². The summed E-state index contributed by atoms with van der Waals surface area (Å²) in [6.07, 6.45) is 0. The van der Waals surface area contributed by atoms with Crippen molar-refractivity contribution in [2.75, 3.05) is 7.11 Å². The number of rotatable bonds is 5. The lowest BCUT2D eigenvalue weighted by atomic mass is 10.2. The molecule has 0 aliphatic rings. The lowest BCUT2D eigenvalue weighted by molar-refractivity contribution is 0.273. The van der Waals surface area contributed by atoms with Crippen molar-refractivity contribution in [1.29, 1.82) is 0 Å². The number of hydrogen-bond acceptors (Lipinski definition) is 3. The predicted molar refractivity (Wildman–Crippen MR) is 82.4 cm³/mol. The largest absolute Gasteiger partial charge is 0.493 e. The SMILES string of the molecule is COc1cc(CO)c(Br)cc1OCc1cccc(Cl)c1. The van der Waals surface area contributed by atoms with Crippen LogP contribution in [0, 0.1) is 0 Å². The van der Waals surface area contributed by atoms with E-state index in [1.165, 1.54) is 0 Å². The van der Waals surface area contributed by atoms with Crippen LogP contribution < -0.4 is 9.47 Å². The predicted octanol–water partition coefficient (Wildman–Crippen LogP) is 4.18. The van der Waals surface area contributed by atoms with Crippen molar-refractivity contribution in [3.05, 3.63) is 57.0 Å². The van der Waals surface area contributed by atoms with Crippen LogP contribution >= 0.6 is 27.5 Å². The number of aliphatic hydroxyl groups excluding tert-OH is 1. The van der Waals surface area contributed by atoms with Crippen molar-refractivity contribution in [3.63, 3.8) is 0 Å². The first kappa shape index (κ1) is 15.2. The summed E-state index contributed by atoms with van der Waals surface area (Å²) in [6, 6.07) is 11.0. The summed E-state index contributed by atoms with van der Waals surface area (Å²) in [5.41, 5.74) is 1.72. The highest BCUT2D eigenvalue weighted by molar-refractivity contribution is 9.10. The normalized spacial score (nSPS) is 10.4. The van der Waals surface area contributed by atoms with E-state index in [1.54, 1.807) is 19.2 Å². The molecule has 0 heterocycles. The average molecular weight is 358 g/mol. The lowest BCUT2D eigenvalue weighted by Gasteiger charge is -2.13. The first-order chi connectivity index (χ1) is 9.63. The van der Waals surface area contributed by atoms with Crippen LogP contribution in [0.2, 0.25) is 5.02 Å². The van der Waals surface area contributed by atoms with Crippen LogP contribution in [0.25, 0.3) is 0 Å². The number of ether oxygens (including phenoxy) is 2. The molecule has 1 N–H and O–H groups in total. The van der Waals surface area contributed by atoms with Gasteiger partial charge in [-0.3, -0.25) is 0 Å². The van der Waals surface area contributed by atoms with Crippen molar-refractivity contribution in [3.8, 4) is 11.5 Å². The van der Waals surface area contributed by atoms with Crippen LogP contribution in [0.3, 0.4) is 0 Å². The quantitative estimate of drug-likeness (QED) is 0.872. The molecule has 0 amide bonds. The smallest absolute Gasteiger partial charge is 0.162 e. The molecule has 0 aliphatic heterocycles. The highest BCUT2D eigenvalue weighted by atomic mass is 79.9. The van der Waals surface area contributed by atoms with E-state index < -0.39 is 0 Å². The first-order valence-corrected chi connectivity index (χ1v) is 7.15. The average Bonchev–Trinajstić information content (AvgIpc) is 2.45. The van der Waals surface area contributed by atoms with Crippen LogP contribution in [0.4, 0.5) is 0 Å². The molecule has 0 fully saturated rings. The Hall–Kier alpha value is -1.23. The highest BCUT2D eigenvalue weighted by Crippen LogP contribution is 2.34. The lowest BCUT2D eigenvalue weighted by Crippen LogP contribution is -1.99. The van der Waals surface area contributed by atoms with Crippen molar-refractivity contribution >= 4 is 27.5 Å². The van der Waals surface area contributed by atoms with E-state index in [9.17, 15) is 5.11 Å². The molecule has 0 atom stereocenters. The fourth-order valence-electron chi connectivity index (χ4n) is 1.76. The Morgan fingerprint density at radius 1 is 1.20 bits per heavy atom. The second kappa shape index (κ2) is 6.97. The van der Waals surface area contributed by atoms with Gasteiger partial charge in [-0.2, -0.15) is 0 Å². The Morgan fingerprint density at radius 3 is 2.65 bits per heavy atom. The maximum Gasteiger partial charge on any atom is 0.162 e. The van der Waals surface area contributed by atoms with E-state index in [2.05, 4.69) is 15.9 Å². The second-order valence-corrected chi connectivity index (χ2v) is 5.46. The third kappa shape index (κ3) is 3.66. The minimum absolute atomic E-state index is 0.0640. The van der Waals surface area contributed by atoms with Gasteiger partial charge in [-0.25, -0.2) is 0 Å². The molecular weight excluding hydrogens is 344 g/mol. The Kier molecular flexibility index (Phi) is 5.29. The van der Waals surface area contributed by atoms with Gasteiger partial charge in [0.2, 0.25) is 0 Å². The van der Waals surface area contributed by atoms with Gasteiger partial charge in [-0.15, -0.1) is 0 Å². The number of halogens is 2. The van der Waals surface area contributed by atoms with Crippen LogP contribution in [0.5, 0.6) is 11.5 Å². The Labute approximate surface area is 131 Å². The maximum atomic E-state index is 9.23. The van der Waals surface area contributed by atoms with E-state index in [4.69, 9.17) is 21.1 Å². The van der Waals surface area contributed by atoms with E-state index in [0.29, 0.717) is 23.1 Å². The van der Waals surface area contributed by atoms with E-state index in [-0.39, 0.29) is 6.61 Å². The van der Waals surface area contributed by atoms with Crippen LogP contribution in [-0.4, -0.2) is 12.2 Å². The number of benzene rings is 2. The molecule has 5 heteroatoms. The Balaban J connectivity index is 2.18. The second-order valence-electron chi connectivity index (χ2n) is 4.17. The number of hydrogen-bond donors (Lipinski definition) is 1. The fraction of sp³-hybridized carbons (Fsp3) is 0.200. The summed E-state index contributed by atoms with van der Waals surface area (Å²) in [4.78, 5) is 0. The third-order valence-electron chi connectivity index (χ3n) is 2.79. The van der Waals surface area contributed by atoms with E-state index in [0.717, 1.165) is 15.6 Å². The summed E-state index contributed by atoms with van der Waals surface area (Å²) >= 11 is 9.33. The maximum absolute atomic E-state index is 9.23. The number of aliphatic hydroxyl groups is 1. The topological polar surface area (TPSA) is 38.7 Å². The molecule has 0 saturated heterocycles. The van der Waals surface area contributed by atoms with Crippen molar-refractivity contribution in [2.24, 2.45) is 0 Å². The molecule has 106 valence electrons. The molecule has 0 saturated carbocycles. The van der Waals surface area contributed by atoms with Gasteiger partial charge in [-0.1, -0.05) is 39.7 Å². The molecule has 0 unspecified atom stereocenters. The van der Waals surface area contributed by atoms with Crippen molar-refractivity contribution in [2.45, 2.75) is 13.2 Å². The molecule has 0 radical (unpaired) electrons. The summed E-state index contributed by atoms with van der Waals surface area (Å²) in [5.74, 6) is 1.19. The summed E-state index contributed by atoms with van der Waals surface area (Å²) in [7, 11) is 1.57. The molecular formula is C15H14BrClO3. The third-order valence-corrected chi connectivity index (χ3v) is 3.76. The molecule has 0 aromatic heterocycles. The highest BCUT2D eigenvalue weighted by Gasteiger charge is 2.10. The summed E-state index contributed by atoms with van der Waals surface area (Å²) in [6.45, 7) is 0.327. The summed E-state index contributed by atoms with van der Waals surface area (Å²) < 4.78 is 11.8. The first-order valence-electron chi connectivity index (χ1n) is 5.98. The minimum Gasteiger partial charge on any atom is -0.493 e. The zero-order chi connectivity index (χ0) is 14.5. The Bertz CT molecular complexity index is 602. The van der Waals surface area contributed by atoms with Gasteiger partial charge in [0.25, 0.3) is 0 Å². The van der Waals surface area contributed by atoms with Gasteiger partial charge >= 0.3 is 0 Å². The van der Waals surface area contributed by atoms with E-state index >= 15 is 0 Å². The van der Waals surface area contributed by atoms with Crippen molar-refractivity contribution < 1.29 is 14.6 Å². The molecule has 3 nitrogen and oxygen atoms in total. The van der Waals surface area contributed by atoms with Crippen LogP contribution in [0.15, 0.2) is 40.9 Å². The number of methoxy groups -OCH3 is 1. The zero-order valence-corrected chi connectivity index (χ0v) is 13.2. The minimum atomic E-state index is -0.0640. The van der Waals surface area contributed by atoms with Gasteiger partial charge in [0, 0.05) is 9.50 Å². The summed E-state index contributed by atoms with van der Waals surface area (Å²) in [5, 5.41) is 9.90. The monoisotopic (exact) mass is 356 g/mol. The molecule has 2 aromatic rings. The van der Waals surface area contributed by atoms with Gasteiger partial charge < -0.3 is 14.6 Å². The van der Waals surface area contributed by atoms with Gasteiger partial charge in [0.1, 0.15) is 6.61 Å². The standard InChI is InChI=1S/C15H14BrClO3/c1-19-14-6-11(8-18)13(16)7-15(14)20-9-10-3-2-4-12(17)5-10/h2-7,18H,8-9H2,1H3. The van der Waals surface area contributed by atoms with Crippen molar-refractivity contribution in [1.82, 2.24) is 0 Å². The Morgan fingerprint density at radius 2 is 2.00 bits per heavy atom. The molecule has 0 spiro atoms. The van der Waals surface area contributed by atoms with Gasteiger partial charge in [0.05, 0.1) is 13.7 Å². The van der Waals surface area contributed by atoms with E-state index in [1.807, 2.05) is 24.3 Å². The van der Waals surface area contributed by atoms with Crippen LogP contribution in [-0.2, 0) is 13.2 Å². The fourth-order valence-corrected chi connectivity index (χ4v) is 2.42. The van der Waals surface area contributed by atoms with Gasteiger partial charge in [-0.05, 0) is 35.4 Å². The molecule has 20 heavy (non-hydrogen) atoms. The molecule has 0 bridgehead atoms. The van der Waals surface area contributed by atoms with Gasteiger partial charge in [0.15, 0.2) is 11.5 Å².